The van der Waals surface area contributed by atoms with Gasteiger partial charge in [0.25, 0.3) is 0 Å². The van der Waals surface area contributed by atoms with Crippen molar-refractivity contribution < 1.29 is 17.5 Å². The summed E-state index contributed by atoms with van der Waals surface area (Å²) >= 11 is 0. The zero-order chi connectivity index (χ0) is 15.5. The van der Waals surface area contributed by atoms with Crippen molar-refractivity contribution in [1.82, 2.24) is 5.32 Å². The van der Waals surface area contributed by atoms with E-state index in [9.17, 15) is 12.8 Å². The second-order valence-electron chi connectivity index (χ2n) is 4.64. The summed E-state index contributed by atoms with van der Waals surface area (Å²) in [5, 5.41) is 2.93. The monoisotopic (exact) mass is 309 g/mol. The molecule has 0 saturated heterocycles. The molecular formula is C15H16FNO3S. The molecule has 0 amide bonds. The van der Waals surface area contributed by atoms with Crippen molar-refractivity contribution in [2.75, 3.05) is 13.3 Å². The Bertz CT molecular complexity index is 744. The Labute approximate surface area is 123 Å². The van der Waals surface area contributed by atoms with Crippen molar-refractivity contribution in [1.29, 1.82) is 0 Å². The molecule has 0 aliphatic rings. The average molecular weight is 309 g/mol. The van der Waals surface area contributed by atoms with Crippen LogP contribution in [-0.4, -0.2) is 21.7 Å². The smallest absolute Gasteiger partial charge is 0.175 e. The second kappa shape index (κ2) is 6.24. The molecule has 0 aliphatic carbocycles. The molecule has 2 aromatic carbocycles. The molecule has 1 N–H and O–H groups in total. The van der Waals surface area contributed by atoms with Crippen molar-refractivity contribution in [3.63, 3.8) is 0 Å². The fourth-order valence-corrected chi connectivity index (χ4v) is 2.49. The molecule has 0 aromatic heterocycles. The van der Waals surface area contributed by atoms with E-state index in [1.807, 2.05) is 0 Å². The zero-order valence-electron chi connectivity index (χ0n) is 11.8. The van der Waals surface area contributed by atoms with E-state index >= 15 is 0 Å². The van der Waals surface area contributed by atoms with Gasteiger partial charge in [0.05, 0.1) is 4.90 Å². The van der Waals surface area contributed by atoms with Gasteiger partial charge in [-0.2, -0.15) is 0 Å². The molecule has 2 aromatic rings. The number of nitrogens with one attached hydrogen (secondary N) is 1. The number of ether oxygens (including phenoxy) is 1. The second-order valence-corrected chi connectivity index (χ2v) is 6.66. The van der Waals surface area contributed by atoms with E-state index in [2.05, 4.69) is 5.32 Å². The van der Waals surface area contributed by atoms with Gasteiger partial charge >= 0.3 is 0 Å². The number of hydrogen-bond donors (Lipinski definition) is 1. The molecular weight excluding hydrogens is 293 g/mol. The number of hydrogen-bond acceptors (Lipinski definition) is 4. The Morgan fingerprint density at radius 3 is 2.57 bits per heavy atom. The van der Waals surface area contributed by atoms with Gasteiger partial charge in [0.15, 0.2) is 21.4 Å². The highest BCUT2D eigenvalue weighted by Crippen LogP contribution is 2.26. The van der Waals surface area contributed by atoms with Crippen LogP contribution in [0.25, 0.3) is 0 Å². The predicted molar refractivity (Wildman–Crippen MR) is 78.8 cm³/mol. The first-order chi connectivity index (χ1) is 9.90. The topological polar surface area (TPSA) is 55.4 Å². The number of halogens is 1. The van der Waals surface area contributed by atoms with Crippen LogP contribution in [0.3, 0.4) is 0 Å². The van der Waals surface area contributed by atoms with Gasteiger partial charge in [-0.3, -0.25) is 0 Å². The van der Waals surface area contributed by atoms with Crippen molar-refractivity contribution in [3.8, 4) is 11.5 Å². The summed E-state index contributed by atoms with van der Waals surface area (Å²) in [7, 11) is -1.55. The Morgan fingerprint density at radius 1 is 1.19 bits per heavy atom. The summed E-state index contributed by atoms with van der Waals surface area (Å²) in [5.74, 6) is -0.161. The summed E-state index contributed by atoms with van der Waals surface area (Å²) in [6.07, 6.45) is 1.11. The lowest BCUT2D eigenvalue weighted by molar-refractivity contribution is 0.440. The molecule has 0 atom stereocenters. The molecule has 0 unspecified atom stereocenters. The minimum atomic E-state index is -3.32. The van der Waals surface area contributed by atoms with Gasteiger partial charge in [0.2, 0.25) is 0 Å². The molecule has 0 spiro atoms. The maximum Gasteiger partial charge on any atom is 0.175 e. The van der Waals surface area contributed by atoms with Crippen LogP contribution in [0.15, 0.2) is 47.4 Å². The van der Waals surface area contributed by atoms with Crippen LogP contribution in [0.4, 0.5) is 4.39 Å². The highest BCUT2D eigenvalue weighted by Gasteiger charge is 2.10. The number of benzene rings is 2. The van der Waals surface area contributed by atoms with E-state index in [-0.39, 0.29) is 16.4 Å². The average Bonchev–Trinajstić information content (AvgIpc) is 2.42. The highest BCUT2D eigenvalue weighted by atomic mass is 32.2. The lowest BCUT2D eigenvalue weighted by Gasteiger charge is -2.09. The number of rotatable bonds is 5. The van der Waals surface area contributed by atoms with Crippen molar-refractivity contribution in [3.05, 3.63) is 53.8 Å². The number of sulfone groups is 1. The molecule has 0 radical (unpaired) electrons. The Balaban J connectivity index is 2.26. The summed E-state index contributed by atoms with van der Waals surface area (Å²) in [5.41, 5.74) is 0.798. The first-order valence-electron chi connectivity index (χ1n) is 6.31. The third-order valence-corrected chi connectivity index (χ3v) is 3.95. The van der Waals surface area contributed by atoms with Gasteiger partial charge in [-0.1, -0.05) is 12.1 Å². The third kappa shape index (κ3) is 4.03. The molecule has 112 valence electrons. The molecule has 21 heavy (non-hydrogen) atoms. The zero-order valence-corrected chi connectivity index (χ0v) is 12.6. The molecule has 6 heteroatoms. The van der Waals surface area contributed by atoms with Crippen molar-refractivity contribution in [2.45, 2.75) is 11.4 Å². The normalized spacial score (nSPS) is 11.4. The summed E-state index contributed by atoms with van der Waals surface area (Å²) in [4.78, 5) is 0.132. The predicted octanol–water partition coefficient (Wildman–Crippen LogP) is 2.74. The van der Waals surface area contributed by atoms with Crippen LogP contribution in [0, 0.1) is 5.82 Å². The SMILES string of the molecule is CNCc1ccc(Oc2cccc(S(C)(=O)=O)c2)c(F)c1. The first-order valence-corrected chi connectivity index (χ1v) is 8.20. The van der Waals surface area contributed by atoms with E-state index in [0.717, 1.165) is 11.8 Å². The third-order valence-electron chi connectivity index (χ3n) is 2.84. The highest BCUT2D eigenvalue weighted by molar-refractivity contribution is 7.90. The fourth-order valence-electron chi connectivity index (χ4n) is 1.84. The fraction of sp³-hybridized carbons (Fsp3) is 0.200. The molecule has 0 fully saturated rings. The van der Waals surface area contributed by atoms with Gasteiger partial charge in [-0.05, 0) is 42.9 Å². The van der Waals surface area contributed by atoms with E-state index in [4.69, 9.17) is 4.74 Å². The van der Waals surface area contributed by atoms with E-state index in [0.29, 0.717) is 6.54 Å². The summed E-state index contributed by atoms with van der Waals surface area (Å²) in [6.45, 7) is 0.556. The lowest BCUT2D eigenvalue weighted by Crippen LogP contribution is -2.05. The Hall–Kier alpha value is -1.92. The van der Waals surface area contributed by atoms with E-state index < -0.39 is 15.7 Å². The largest absolute Gasteiger partial charge is 0.454 e. The summed E-state index contributed by atoms with van der Waals surface area (Å²) in [6, 6.07) is 10.6. The van der Waals surface area contributed by atoms with E-state index in [1.165, 1.54) is 24.3 Å². The molecule has 2 rings (SSSR count). The lowest BCUT2D eigenvalue weighted by atomic mass is 10.2. The van der Waals surface area contributed by atoms with Gasteiger partial charge in [0, 0.05) is 12.8 Å². The van der Waals surface area contributed by atoms with Crippen molar-refractivity contribution in [2.24, 2.45) is 0 Å². The maximum absolute atomic E-state index is 13.9. The van der Waals surface area contributed by atoms with Crippen LogP contribution < -0.4 is 10.1 Å². The Morgan fingerprint density at radius 2 is 1.95 bits per heavy atom. The minimum absolute atomic E-state index is 0.0560. The van der Waals surface area contributed by atoms with Crippen LogP contribution in [-0.2, 0) is 16.4 Å². The summed E-state index contributed by atoms with van der Waals surface area (Å²) < 4.78 is 42.3. The van der Waals surface area contributed by atoms with E-state index in [1.54, 1.807) is 25.2 Å². The van der Waals surface area contributed by atoms with Crippen LogP contribution in [0.2, 0.25) is 0 Å². The van der Waals surface area contributed by atoms with Gasteiger partial charge < -0.3 is 10.1 Å². The van der Waals surface area contributed by atoms with Crippen LogP contribution in [0.1, 0.15) is 5.56 Å². The maximum atomic E-state index is 13.9. The first kappa shape index (κ1) is 15.5. The van der Waals surface area contributed by atoms with Crippen molar-refractivity contribution >= 4 is 9.84 Å². The van der Waals surface area contributed by atoms with Crippen LogP contribution in [0.5, 0.6) is 11.5 Å². The molecule has 0 aliphatic heterocycles. The van der Waals surface area contributed by atoms with Gasteiger partial charge in [0.1, 0.15) is 5.75 Å². The van der Waals surface area contributed by atoms with Gasteiger partial charge in [-0.15, -0.1) is 0 Å². The quantitative estimate of drug-likeness (QED) is 0.922. The molecule has 4 nitrogen and oxygen atoms in total. The van der Waals surface area contributed by atoms with Crippen LogP contribution >= 0.6 is 0 Å². The molecule has 0 saturated carbocycles. The Kier molecular flexibility index (Phi) is 4.59. The molecule has 0 bridgehead atoms. The van der Waals surface area contributed by atoms with Gasteiger partial charge in [-0.25, -0.2) is 12.8 Å². The minimum Gasteiger partial charge on any atom is -0.454 e. The molecule has 0 heterocycles. The standard InChI is InChI=1S/C15H16FNO3S/c1-17-10-11-6-7-15(14(16)8-11)20-12-4-3-5-13(9-12)21(2,18)19/h3-9,17H,10H2,1-2H3.